The Morgan fingerprint density at radius 3 is 2.25 bits per heavy atom. The molecule has 3 rings (SSSR count). The van der Waals surface area contributed by atoms with Gasteiger partial charge in [0.15, 0.2) is 0 Å². The maximum absolute atomic E-state index is 5.43. The average Bonchev–Trinajstić information content (AvgIpc) is 2.76. The number of hydrogen-bond acceptors (Lipinski definition) is 3. The van der Waals surface area contributed by atoms with E-state index in [2.05, 4.69) is 16.8 Å². The molecular weight excluding hydrogens is 200 g/mol. The highest BCUT2D eigenvalue weighted by Crippen LogP contribution is 2.31. The second-order valence-corrected chi connectivity index (χ2v) is 6.02. The fourth-order valence-corrected chi connectivity index (χ4v) is 3.77. The molecule has 0 amide bonds. The number of rotatable bonds is 2. The van der Waals surface area contributed by atoms with Crippen molar-refractivity contribution in [2.75, 3.05) is 53.0 Å². The van der Waals surface area contributed by atoms with Crippen LogP contribution in [0.25, 0.3) is 0 Å². The highest BCUT2D eigenvalue weighted by molar-refractivity contribution is 4.92. The summed E-state index contributed by atoms with van der Waals surface area (Å²) in [4.78, 5) is 5.22. The molecule has 3 heteroatoms. The molecule has 0 aromatic rings. The first kappa shape index (κ1) is 11.0. The van der Waals surface area contributed by atoms with Crippen molar-refractivity contribution in [3.05, 3.63) is 0 Å². The van der Waals surface area contributed by atoms with Crippen LogP contribution in [-0.4, -0.2) is 62.8 Å². The number of hydrogen-bond donors (Lipinski definition) is 0. The third-order valence-electron chi connectivity index (χ3n) is 4.60. The molecule has 0 saturated carbocycles. The van der Waals surface area contributed by atoms with Gasteiger partial charge in [0, 0.05) is 45.9 Å². The van der Waals surface area contributed by atoms with Gasteiger partial charge in [-0.05, 0) is 37.6 Å². The summed E-state index contributed by atoms with van der Waals surface area (Å²) in [7, 11) is 2.27. The summed E-state index contributed by atoms with van der Waals surface area (Å²) in [6.45, 7) is 8.69. The van der Waals surface area contributed by atoms with Crippen molar-refractivity contribution in [1.29, 1.82) is 0 Å². The van der Waals surface area contributed by atoms with Crippen LogP contribution in [-0.2, 0) is 4.74 Å². The minimum Gasteiger partial charge on any atom is -0.381 e. The average molecular weight is 224 g/mol. The maximum atomic E-state index is 5.43. The van der Waals surface area contributed by atoms with E-state index in [9.17, 15) is 0 Å². The van der Waals surface area contributed by atoms with Crippen LogP contribution in [0.5, 0.6) is 0 Å². The number of nitrogens with zero attached hydrogens (tertiary/aromatic N) is 2. The Morgan fingerprint density at radius 2 is 1.62 bits per heavy atom. The molecule has 0 bridgehead atoms. The molecule has 0 aromatic carbocycles. The van der Waals surface area contributed by atoms with Gasteiger partial charge in [0.1, 0.15) is 0 Å². The van der Waals surface area contributed by atoms with Crippen molar-refractivity contribution in [2.24, 2.45) is 17.8 Å². The molecule has 0 N–H and O–H groups in total. The van der Waals surface area contributed by atoms with Gasteiger partial charge in [-0.1, -0.05) is 0 Å². The number of fused-ring (bicyclic) bond motifs is 1. The molecule has 3 nitrogen and oxygen atoms in total. The molecule has 3 aliphatic rings. The van der Waals surface area contributed by atoms with Crippen molar-refractivity contribution in [3.63, 3.8) is 0 Å². The van der Waals surface area contributed by atoms with E-state index in [0.29, 0.717) is 0 Å². The summed E-state index contributed by atoms with van der Waals surface area (Å²) in [5.41, 5.74) is 0. The standard InChI is InChI=1S/C13H24N2O/c1-14-7-12-9-15(10-13(12)8-14)6-11-2-4-16-5-3-11/h11-13H,2-10H2,1H3. The van der Waals surface area contributed by atoms with E-state index in [1.54, 1.807) is 0 Å². The summed E-state index contributed by atoms with van der Waals surface area (Å²) in [6.07, 6.45) is 2.57. The van der Waals surface area contributed by atoms with E-state index < -0.39 is 0 Å². The predicted molar refractivity (Wildman–Crippen MR) is 64.5 cm³/mol. The highest BCUT2D eigenvalue weighted by Gasteiger charge is 2.38. The van der Waals surface area contributed by atoms with Gasteiger partial charge < -0.3 is 14.5 Å². The van der Waals surface area contributed by atoms with Crippen LogP contribution in [0.15, 0.2) is 0 Å². The Labute approximate surface area is 98.7 Å². The van der Waals surface area contributed by atoms with Crippen LogP contribution in [0.1, 0.15) is 12.8 Å². The molecule has 3 fully saturated rings. The lowest BCUT2D eigenvalue weighted by molar-refractivity contribution is 0.0542. The van der Waals surface area contributed by atoms with E-state index in [0.717, 1.165) is 31.0 Å². The lowest BCUT2D eigenvalue weighted by Gasteiger charge is -2.27. The summed E-state index contributed by atoms with van der Waals surface area (Å²) in [5.74, 6) is 2.83. The summed E-state index contributed by atoms with van der Waals surface area (Å²) in [6, 6.07) is 0. The van der Waals surface area contributed by atoms with E-state index in [1.165, 1.54) is 45.6 Å². The summed E-state index contributed by atoms with van der Waals surface area (Å²) < 4.78 is 5.43. The molecule has 0 aliphatic carbocycles. The topological polar surface area (TPSA) is 15.7 Å². The van der Waals surface area contributed by atoms with E-state index >= 15 is 0 Å². The zero-order valence-corrected chi connectivity index (χ0v) is 10.4. The van der Waals surface area contributed by atoms with E-state index in [1.807, 2.05) is 0 Å². The van der Waals surface area contributed by atoms with Crippen LogP contribution in [0.4, 0.5) is 0 Å². The molecule has 3 aliphatic heterocycles. The molecule has 3 saturated heterocycles. The zero-order valence-electron chi connectivity index (χ0n) is 10.4. The Kier molecular flexibility index (Phi) is 3.18. The van der Waals surface area contributed by atoms with Gasteiger partial charge in [0.25, 0.3) is 0 Å². The third-order valence-corrected chi connectivity index (χ3v) is 4.60. The Morgan fingerprint density at radius 1 is 1.00 bits per heavy atom. The second kappa shape index (κ2) is 4.63. The lowest BCUT2D eigenvalue weighted by Crippen LogP contribution is -2.33. The van der Waals surface area contributed by atoms with Gasteiger partial charge in [0.2, 0.25) is 0 Å². The second-order valence-electron chi connectivity index (χ2n) is 6.02. The quantitative estimate of drug-likeness (QED) is 0.693. The maximum Gasteiger partial charge on any atom is 0.0469 e. The van der Waals surface area contributed by atoms with Crippen LogP contribution < -0.4 is 0 Å². The van der Waals surface area contributed by atoms with Crippen molar-refractivity contribution in [3.8, 4) is 0 Å². The fourth-order valence-electron chi connectivity index (χ4n) is 3.77. The normalized spacial score (nSPS) is 38.1. The van der Waals surface area contributed by atoms with Crippen LogP contribution in [0, 0.1) is 17.8 Å². The summed E-state index contributed by atoms with van der Waals surface area (Å²) in [5, 5.41) is 0. The summed E-state index contributed by atoms with van der Waals surface area (Å²) >= 11 is 0. The van der Waals surface area contributed by atoms with Crippen molar-refractivity contribution >= 4 is 0 Å². The predicted octanol–water partition coefficient (Wildman–Crippen LogP) is 0.906. The largest absolute Gasteiger partial charge is 0.381 e. The zero-order chi connectivity index (χ0) is 11.0. The Hall–Kier alpha value is -0.120. The molecule has 92 valence electrons. The van der Waals surface area contributed by atoms with Gasteiger partial charge in [-0.2, -0.15) is 0 Å². The van der Waals surface area contributed by atoms with Crippen LogP contribution >= 0.6 is 0 Å². The Bertz CT molecular complexity index is 226. The van der Waals surface area contributed by atoms with Crippen LogP contribution in [0.2, 0.25) is 0 Å². The lowest BCUT2D eigenvalue weighted by atomic mass is 10.00. The minimum atomic E-state index is 0.908. The fraction of sp³-hybridized carbons (Fsp3) is 1.00. The third kappa shape index (κ3) is 2.27. The minimum absolute atomic E-state index is 0.908. The van der Waals surface area contributed by atoms with E-state index in [-0.39, 0.29) is 0 Å². The molecule has 3 heterocycles. The number of likely N-dealkylation sites (tertiary alicyclic amines) is 2. The molecule has 0 radical (unpaired) electrons. The molecule has 2 atom stereocenters. The first-order chi connectivity index (χ1) is 7.81. The SMILES string of the molecule is CN1CC2CN(CC3CCOCC3)CC2C1. The van der Waals surface area contributed by atoms with Crippen molar-refractivity contribution in [1.82, 2.24) is 9.80 Å². The highest BCUT2D eigenvalue weighted by atomic mass is 16.5. The number of ether oxygens (including phenoxy) is 1. The first-order valence-corrected chi connectivity index (χ1v) is 6.80. The smallest absolute Gasteiger partial charge is 0.0469 e. The van der Waals surface area contributed by atoms with Crippen molar-refractivity contribution < 1.29 is 4.74 Å². The van der Waals surface area contributed by atoms with Gasteiger partial charge >= 0.3 is 0 Å². The van der Waals surface area contributed by atoms with Crippen LogP contribution in [0.3, 0.4) is 0 Å². The van der Waals surface area contributed by atoms with Gasteiger partial charge in [-0.25, -0.2) is 0 Å². The molecular formula is C13H24N2O. The van der Waals surface area contributed by atoms with E-state index in [4.69, 9.17) is 4.74 Å². The Balaban J connectivity index is 1.47. The molecule has 16 heavy (non-hydrogen) atoms. The molecule has 0 aromatic heterocycles. The monoisotopic (exact) mass is 224 g/mol. The van der Waals surface area contributed by atoms with Crippen molar-refractivity contribution in [2.45, 2.75) is 12.8 Å². The molecule has 0 spiro atoms. The molecule has 2 unspecified atom stereocenters. The first-order valence-electron chi connectivity index (χ1n) is 6.80. The van der Waals surface area contributed by atoms with Gasteiger partial charge in [-0.15, -0.1) is 0 Å². The van der Waals surface area contributed by atoms with Gasteiger partial charge in [-0.3, -0.25) is 0 Å². The van der Waals surface area contributed by atoms with Gasteiger partial charge in [0.05, 0.1) is 0 Å².